The molecule has 1 saturated heterocycles. The van der Waals surface area contributed by atoms with Gasteiger partial charge in [-0.25, -0.2) is 8.42 Å². The highest BCUT2D eigenvalue weighted by Crippen LogP contribution is 2.27. The molecule has 26 heavy (non-hydrogen) atoms. The number of hydrogen-bond donors (Lipinski definition) is 1. The molecule has 1 aliphatic heterocycles. The van der Waals surface area contributed by atoms with Crippen molar-refractivity contribution in [3.8, 4) is 0 Å². The van der Waals surface area contributed by atoms with Gasteiger partial charge in [-0.1, -0.05) is 48.2 Å². The topological polar surface area (TPSA) is 92.3 Å². The molecule has 1 aromatic carbocycles. The predicted molar refractivity (Wildman–Crippen MR) is 103 cm³/mol. The number of piperidine rings is 1. The van der Waals surface area contributed by atoms with Gasteiger partial charge in [0.15, 0.2) is 4.34 Å². The van der Waals surface area contributed by atoms with Crippen molar-refractivity contribution in [1.82, 2.24) is 14.5 Å². The van der Waals surface area contributed by atoms with Crippen LogP contribution < -0.4 is 5.32 Å². The average Bonchev–Trinajstić information content (AvgIpc) is 3.10. The third kappa shape index (κ3) is 4.43. The number of carbonyl (C=O) groups is 1. The van der Waals surface area contributed by atoms with Crippen LogP contribution in [-0.2, 0) is 14.8 Å². The molecule has 0 unspecified atom stereocenters. The van der Waals surface area contributed by atoms with Crippen LogP contribution in [0.25, 0.3) is 0 Å². The van der Waals surface area contributed by atoms with Gasteiger partial charge in [-0.15, -0.1) is 10.2 Å². The molecule has 0 atom stereocenters. The van der Waals surface area contributed by atoms with Crippen molar-refractivity contribution in [3.63, 3.8) is 0 Å². The van der Waals surface area contributed by atoms with Crippen LogP contribution in [0.5, 0.6) is 0 Å². The van der Waals surface area contributed by atoms with E-state index in [1.54, 1.807) is 42.1 Å². The molecule has 2 heterocycles. The van der Waals surface area contributed by atoms with Crippen LogP contribution in [0.4, 0.5) is 5.13 Å². The molecule has 1 aliphatic rings. The molecule has 1 fully saturated rings. The average molecular weight is 413 g/mol. The van der Waals surface area contributed by atoms with Crippen molar-refractivity contribution < 1.29 is 13.2 Å². The zero-order valence-electron chi connectivity index (χ0n) is 14.3. The molecule has 0 aliphatic carbocycles. The number of benzene rings is 1. The highest BCUT2D eigenvalue weighted by Gasteiger charge is 2.32. The van der Waals surface area contributed by atoms with Gasteiger partial charge in [0, 0.05) is 19.0 Å². The standard InChI is InChI=1S/C16H20N4O3S3/c1-2-24-16-19-18-15(25-16)17-14(21)12-8-10-20(11-9-12)26(22,23)13-6-4-3-5-7-13/h3-7,12H,2,8-11H2,1H3,(H,17,18,21). The summed E-state index contributed by atoms with van der Waals surface area (Å²) in [6.07, 6.45) is 0.987. The number of carbonyl (C=O) groups excluding carboxylic acids is 1. The Bertz CT molecular complexity index is 847. The Labute approximate surface area is 161 Å². The number of thioether (sulfide) groups is 1. The van der Waals surface area contributed by atoms with Crippen LogP contribution in [0.3, 0.4) is 0 Å². The molecule has 1 N–H and O–H groups in total. The van der Waals surface area contributed by atoms with E-state index in [9.17, 15) is 13.2 Å². The molecule has 10 heteroatoms. The van der Waals surface area contributed by atoms with Crippen LogP contribution in [0, 0.1) is 5.92 Å². The third-order valence-corrected chi connectivity index (χ3v) is 7.88. The summed E-state index contributed by atoms with van der Waals surface area (Å²) in [4.78, 5) is 12.7. The van der Waals surface area contributed by atoms with Crippen LogP contribution >= 0.6 is 23.1 Å². The van der Waals surface area contributed by atoms with E-state index < -0.39 is 10.0 Å². The van der Waals surface area contributed by atoms with Crippen molar-refractivity contribution in [3.05, 3.63) is 30.3 Å². The second-order valence-corrected chi connectivity index (χ2v) is 10.2. The Hall–Kier alpha value is -1.49. The normalized spacial score (nSPS) is 16.5. The molecule has 1 amide bonds. The zero-order valence-corrected chi connectivity index (χ0v) is 16.7. The zero-order chi connectivity index (χ0) is 18.6. The molecular formula is C16H20N4O3S3. The molecule has 0 saturated carbocycles. The number of sulfonamides is 1. The highest BCUT2D eigenvalue weighted by atomic mass is 32.2. The predicted octanol–water partition coefficient (Wildman–Crippen LogP) is 2.69. The first kappa shape index (κ1) is 19.3. The van der Waals surface area contributed by atoms with Crippen LogP contribution in [0.1, 0.15) is 19.8 Å². The van der Waals surface area contributed by atoms with E-state index >= 15 is 0 Å². The summed E-state index contributed by atoms with van der Waals surface area (Å²) in [5.74, 6) is 0.561. The Morgan fingerprint density at radius 3 is 2.62 bits per heavy atom. The van der Waals surface area contributed by atoms with Gasteiger partial charge >= 0.3 is 0 Å². The molecule has 1 aromatic heterocycles. The molecule has 7 nitrogen and oxygen atoms in total. The van der Waals surface area contributed by atoms with Gasteiger partial charge in [0.2, 0.25) is 21.1 Å². The van der Waals surface area contributed by atoms with Gasteiger partial charge < -0.3 is 5.32 Å². The second-order valence-electron chi connectivity index (χ2n) is 5.79. The largest absolute Gasteiger partial charge is 0.300 e. The lowest BCUT2D eigenvalue weighted by atomic mass is 9.97. The van der Waals surface area contributed by atoms with Gasteiger partial charge in [0.05, 0.1) is 4.90 Å². The maximum Gasteiger partial charge on any atom is 0.243 e. The maximum atomic E-state index is 12.6. The quantitative estimate of drug-likeness (QED) is 0.579. The fourth-order valence-electron chi connectivity index (χ4n) is 2.75. The lowest BCUT2D eigenvalue weighted by molar-refractivity contribution is -0.120. The monoisotopic (exact) mass is 412 g/mol. The van der Waals surface area contributed by atoms with Crippen molar-refractivity contribution in [2.24, 2.45) is 5.92 Å². The minimum atomic E-state index is -3.49. The van der Waals surface area contributed by atoms with Gasteiger partial charge in [0.25, 0.3) is 0 Å². The number of hydrogen-bond acceptors (Lipinski definition) is 7. The summed E-state index contributed by atoms with van der Waals surface area (Å²) >= 11 is 2.93. The van der Waals surface area contributed by atoms with Gasteiger partial charge in [-0.3, -0.25) is 4.79 Å². The number of nitrogens with zero attached hydrogens (tertiary/aromatic N) is 3. The summed E-state index contributed by atoms with van der Waals surface area (Å²) in [6.45, 7) is 2.70. The van der Waals surface area contributed by atoms with Gasteiger partial charge in [-0.05, 0) is 30.7 Å². The molecule has 0 radical (unpaired) electrons. The first-order valence-corrected chi connectivity index (χ1v) is 11.6. The number of nitrogens with one attached hydrogen (secondary N) is 1. The van der Waals surface area contributed by atoms with Gasteiger partial charge in [-0.2, -0.15) is 4.31 Å². The van der Waals surface area contributed by atoms with Crippen LogP contribution in [-0.4, -0.2) is 47.7 Å². The Morgan fingerprint density at radius 2 is 1.96 bits per heavy atom. The van der Waals surface area contributed by atoms with E-state index in [4.69, 9.17) is 0 Å². The number of rotatable bonds is 6. The molecule has 2 aromatic rings. The Morgan fingerprint density at radius 1 is 1.27 bits per heavy atom. The lowest BCUT2D eigenvalue weighted by Gasteiger charge is -2.30. The summed E-state index contributed by atoms with van der Waals surface area (Å²) < 4.78 is 27.5. The second kappa shape index (κ2) is 8.47. The summed E-state index contributed by atoms with van der Waals surface area (Å²) in [7, 11) is -3.49. The Balaban J connectivity index is 1.57. The minimum absolute atomic E-state index is 0.119. The summed E-state index contributed by atoms with van der Waals surface area (Å²) in [6, 6.07) is 8.39. The van der Waals surface area contributed by atoms with Crippen molar-refractivity contribution in [2.75, 3.05) is 24.2 Å². The number of aromatic nitrogens is 2. The van der Waals surface area contributed by atoms with Crippen molar-refractivity contribution in [2.45, 2.75) is 29.0 Å². The molecule has 140 valence electrons. The highest BCUT2D eigenvalue weighted by molar-refractivity contribution is 8.01. The first-order valence-electron chi connectivity index (χ1n) is 8.33. The Kier molecular flexibility index (Phi) is 6.28. The smallest absolute Gasteiger partial charge is 0.243 e. The van der Waals surface area contributed by atoms with Crippen molar-refractivity contribution in [1.29, 1.82) is 0 Å². The van der Waals surface area contributed by atoms with E-state index in [2.05, 4.69) is 15.5 Å². The number of amides is 1. The van der Waals surface area contributed by atoms with E-state index in [0.717, 1.165) is 10.1 Å². The van der Waals surface area contributed by atoms with E-state index in [1.165, 1.54) is 15.6 Å². The summed E-state index contributed by atoms with van der Waals surface area (Å²) in [5, 5.41) is 11.3. The first-order chi connectivity index (χ1) is 12.5. The summed E-state index contributed by atoms with van der Waals surface area (Å²) in [5.41, 5.74) is 0. The molecule has 3 rings (SSSR count). The fourth-order valence-corrected chi connectivity index (χ4v) is 5.89. The van der Waals surface area contributed by atoms with Crippen molar-refractivity contribution >= 4 is 44.2 Å². The maximum absolute atomic E-state index is 12.6. The van der Waals surface area contributed by atoms with Crippen LogP contribution in [0.15, 0.2) is 39.6 Å². The molecular weight excluding hydrogens is 392 g/mol. The van der Waals surface area contributed by atoms with Crippen LogP contribution in [0.2, 0.25) is 0 Å². The van der Waals surface area contributed by atoms with E-state index in [0.29, 0.717) is 31.1 Å². The minimum Gasteiger partial charge on any atom is -0.300 e. The fraction of sp³-hybridized carbons (Fsp3) is 0.438. The third-order valence-electron chi connectivity index (χ3n) is 4.11. The SMILES string of the molecule is CCSc1nnc(NC(=O)C2CCN(S(=O)(=O)c3ccccc3)CC2)s1. The lowest BCUT2D eigenvalue weighted by Crippen LogP contribution is -2.41. The van der Waals surface area contributed by atoms with E-state index in [1.807, 2.05) is 6.92 Å². The van der Waals surface area contributed by atoms with E-state index in [-0.39, 0.29) is 16.7 Å². The number of anilines is 1. The molecule has 0 bridgehead atoms. The van der Waals surface area contributed by atoms with Gasteiger partial charge in [0.1, 0.15) is 0 Å². The molecule has 0 spiro atoms.